The number of piperazine rings is 1. The van der Waals surface area contributed by atoms with Gasteiger partial charge in [0.1, 0.15) is 5.75 Å². The standard InChI is InChI=1S/C26H28ClN3O2/c1-2-32-24-11-7-6-10-23(24)28-26(31)30-18-16-29(17-19-30)25(20-8-4-3-5-9-20)21-12-14-22(27)15-13-21/h3-15,25H,2,16-19H2,1H3,(H,28,31)/t25-/m0/s1. The van der Waals surface area contributed by atoms with Gasteiger partial charge in [-0.25, -0.2) is 4.79 Å². The molecule has 6 heteroatoms. The second-order valence-corrected chi connectivity index (χ2v) is 8.18. The van der Waals surface area contributed by atoms with Gasteiger partial charge in [0.25, 0.3) is 0 Å². The Morgan fingerprint density at radius 3 is 2.22 bits per heavy atom. The van der Waals surface area contributed by atoms with Crippen molar-refractivity contribution in [3.8, 4) is 5.75 Å². The lowest BCUT2D eigenvalue weighted by atomic mass is 9.96. The van der Waals surface area contributed by atoms with Crippen LogP contribution in [-0.2, 0) is 0 Å². The molecular formula is C26H28ClN3O2. The van der Waals surface area contributed by atoms with Crippen LogP contribution in [0.5, 0.6) is 5.75 Å². The van der Waals surface area contributed by atoms with Crippen LogP contribution in [0.2, 0.25) is 5.02 Å². The van der Waals surface area contributed by atoms with Crippen LogP contribution in [0.25, 0.3) is 0 Å². The van der Waals surface area contributed by atoms with Gasteiger partial charge >= 0.3 is 6.03 Å². The number of rotatable bonds is 6. The Hall–Kier alpha value is -3.02. The molecule has 4 rings (SSSR count). The minimum absolute atomic E-state index is 0.0976. The fraction of sp³-hybridized carbons (Fsp3) is 0.269. The summed E-state index contributed by atoms with van der Waals surface area (Å²) in [6.07, 6.45) is 0. The van der Waals surface area contributed by atoms with Gasteiger partial charge in [-0.05, 0) is 42.3 Å². The van der Waals surface area contributed by atoms with E-state index in [0.717, 1.165) is 18.1 Å². The summed E-state index contributed by atoms with van der Waals surface area (Å²) in [6, 6.07) is 26.1. The van der Waals surface area contributed by atoms with E-state index >= 15 is 0 Å². The number of benzene rings is 3. The molecule has 0 radical (unpaired) electrons. The summed E-state index contributed by atoms with van der Waals surface area (Å²) in [4.78, 5) is 17.2. The van der Waals surface area contributed by atoms with E-state index in [4.69, 9.17) is 16.3 Å². The molecule has 0 saturated carbocycles. The Kier molecular flexibility index (Phi) is 7.30. The van der Waals surface area contributed by atoms with Crippen LogP contribution in [0.3, 0.4) is 0 Å². The minimum Gasteiger partial charge on any atom is -0.492 e. The van der Waals surface area contributed by atoms with Gasteiger partial charge in [-0.15, -0.1) is 0 Å². The molecule has 1 heterocycles. The number of hydrogen-bond acceptors (Lipinski definition) is 3. The number of hydrogen-bond donors (Lipinski definition) is 1. The van der Waals surface area contributed by atoms with Gasteiger partial charge in [-0.2, -0.15) is 0 Å². The fourth-order valence-corrected chi connectivity index (χ4v) is 4.25. The monoisotopic (exact) mass is 449 g/mol. The lowest BCUT2D eigenvalue weighted by Gasteiger charge is -2.39. The smallest absolute Gasteiger partial charge is 0.322 e. The Morgan fingerprint density at radius 1 is 0.906 bits per heavy atom. The van der Waals surface area contributed by atoms with Crippen LogP contribution in [0.1, 0.15) is 24.1 Å². The molecule has 0 spiro atoms. The van der Waals surface area contributed by atoms with Crippen molar-refractivity contribution in [3.05, 3.63) is 95.0 Å². The molecule has 1 aliphatic rings. The van der Waals surface area contributed by atoms with Crippen molar-refractivity contribution in [1.82, 2.24) is 9.80 Å². The summed E-state index contributed by atoms with van der Waals surface area (Å²) in [5.74, 6) is 0.689. The topological polar surface area (TPSA) is 44.8 Å². The number of ether oxygens (including phenoxy) is 1. The normalized spacial score (nSPS) is 15.2. The number of anilines is 1. The highest BCUT2D eigenvalue weighted by Gasteiger charge is 2.28. The predicted octanol–water partition coefficient (Wildman–Crippen LogP) is 5.68. The fourth-order valence-electron chi connectivity index (χ4n) is 4.12. The Bertz CT molecular complexity index is 1020. The summed E-state index contributed by atoms with van der Waals surface area (Å²) in [6.45, 7) is 5.35. The van der Waals surface area contributed by atoms with Crippen molar-refractivity contribution in [2.75, 3.05) is 38.1 Å². The van der Waals surface area contributed by atoms with Gasteiger partial charge in [0.15, 0.2) is 0 Å². The highest BCUT2D eigenvalue weighted by molar-refractivity contribution is 6.30. The van der Waals surface area contributed by atoms with Crippen LogP contribution in [-0.4, -0.2) is 48.6 Å². The largest absolute Gasteiger partial charge is 0.492 e. The molecule has 3 aromatic rings. The van der Waals surface area contributed by atoms with E-state index in [9.17, 15) is 4.79 Å². The molecule has 0 aliphatic carbocycles. The molecule has 32 heavy (non-hydrogen) atoms. The molecule has 1 fully saturated rings. The first-order valence-electron chi connectivity index (χ1n) is 11.0. The number of urea groups is 1. The van der Waals surface area contributed by atoms with E-state index < -0.39 is 0 Å². The van der Waals surface area contributed by atoms with Crippen molar-refractivity contribution >= 4 is 23.3 Å². The number of nitrogens with one attached hydrogen (secondary N) is 1. The first-order chi connectivity index (χ1) is 15.7. The molecule has 1 N–H and O–H groups in total. The van der Waals surface area contributed by atoms with Gasteiger partial charge in [0, 0.05) is 31.2 Å². The van der Waals surface area contributed by atoms with Crippen LogP contribution in [0.15, 0.2) is 78.9 Å². The minimum atomic E-state index is -0.0976. The maximum Gasteiger partial charge on any atom is 0.322 e. The summed E-state index contributed by atoms with van der Waals surface area (Å²) in [7, 11) is 0. The lowest BCUT2D eigenvalue weighted by Crippen LogP contribution is -2.51. The van der Waals surface area contributed by atoms with Gasteiger partial charge in [0.05, 0.1) is 18.3 Å². The molecule has 5 nitrogen and oxygen atoms in total. The molecule has 1 atom stereocenters. The zero-order valence-corrected chi connectivity index (χ0v) is 19.0. The average Bonchev–Trinajstić information content (AvgIpc) is 2.83. The molecule has 166 valence electrons. The second-order valence-electron chi connectivity index (χ2n) is 7.75. The summed E-state index contributed by atoms with van der Waals surface area (Å²) in [5, 5.41) is 3.74. The number of halogens is 1. The Balaban J connectivity index is 1.45. The maximum atomic E-state index is 12.9. The van der Waals surface area contributed by atoms with E-state index in [2.05, 4.69) is 46.6 Å². The van der Waals surface area contributed by atoms with Crippen molar-refractivity contribution in [2.24, 2.45) is 0 Å². The third kappa shape index (κ3) is 5.23. The van der Waals surface area contributed by atoms with E-state index in [1.165, 1.54) is 11.1 Å². The molecule has 0 bridgehead atoms. The molecule has 3 aromatic carbocycles. The SMILES string of the molecule is CCOc1ccccc1NC(=O)N1CCN([C@@H](c2ccccc2)c2ccc(Cl)cc2)CC1. The second kappa shape index (κ2) is 10.5. The lowest BCUT2D eigenvalue weighted by molar-refractivity contribution is 0.126. The van der Waals surface area contributed by atoms with Gasteiger partial charge < -0.3 is 15.0 Å². The predicted molar refractivity (Wildman–Crippen MR) is 130 cm³/mol. The van der Waals surface area contributed by atoms with Crippen molar-refractivity contribution in [1.29, 1.82) is 0 Å². The van der Waals surface area contributed by atoms with Crippen LogP contribution in [0.4, 0.5) is 10.5 Å². The van der Waals surface area contributed by atoms with Crippen LogP contribution in [0, 0.1) is 0 Å². The van der Waals surface area contributed by atoms with E-state index in [1.54, 1.807) is 0 Å². The first kappa shape index (κ1) is 22.2. The van der Waals surface area contributed by atoms with E-state index in [-0.39, 0.29) is 12.1 Å². The third-order valence-corrected chi connectivity index (χ3v) is 5.95. The van der Waals surface area contributed by atoms with Crippen LogP contribution >= 0.6 is 11.6 Å². The van der Waals surface area contributed by atoms with Gasteiger partial charge in [0.2, 0.25) is 0 Å². The molecule has 1 saturated heterocycles. The van der Waals surface area contributed by atoms with Gasteiger partial charge in [-0.3, -0.25) is 4.90 Å². The number of carbonyl (C=O) groups excluding carboxylic acids is 1. The molecule has 2 amide bonds. The summed E-state index contributed by atoms with van der Waals surface area (Å²) < 4.78 is 5.63. The van der Waals surface area contributed by atoms with Crippen molar-refractivity contribution < 1.29 is 9.53 Å². The van der Waals surface area contributed by atoms with Crippen LogP contribution < -0.4 is 10.1 Å². The molecule has 1 aliphatic heterocycles. The van der Waals surface area contributed by atoms with Crippen molar-refractivity contribution in [2.45, 2.75) is 13.0 Å². The Labute approximate surface area is 194 Å². The zero-order chi connectivity index (χ0) is 22.3. The number of carbonyl (C=O) groups is 1. The first-order valence-corrected chi connectivity index (χ1v) is 11.4. The zero-order valence-electron chi connectivity index (χ0n) is 18.2. The van der Waals surface area contributed by atoms with Gasteiger partial charge in [-0.1, -0.05) is 66.2 Å². The molecule has 0 unspecified atom stereocenters. The Morgan fingerprint density at radius 2 is 1.53 bits per heavy atom. The number of para-hydroxylation sites is 2. The number of nitrogens with zero attached hydrogens (tertiary/aromatic N) is 2. The van der Waals surface area contributed by atoms with E-state index in [0.29, 0.717) is 31.1 Å². The summed E-state index contributed by atoms with van der Waals surface area (Å²) >= 11 is 6.13. The summed E-state index contributed by atoms with van der Waals surface area (Å²) in [5.41, 5.74) is 3.13. The average molecular weight is 450 g/mol. The maximum absolute atomic E-state index is 12.9. The number of amides is 2. The highest BCUT2D eigenvalue weighted by atomic mass is 35.5. The highest BCUT2D eigenvalue weighted by Crippen LogP contribution is 2.31. The van der Waals surface area contributed by atoms with Crippen molar-refractivity contribution in [3.63, 3.8) is 0 Å². The quantitative estimate of drug-likeness (QED) is 0.526. The van der Waals surface area contributed by atoms with E-state index in [1.807, 2.05) is 54.3 Å². The third-order valence-electron chi connectivity index (χ3n) is 5.70. The molecule has 0 aromatic heterocycles. The molecular weight excluding hydrogens is 422 g/mol.